The molecule has 0 aliphatic carbocycles. The lowest BCUT2D eigenvalue weighted by atomic mass is 10.2. The van der Waals surface area contributed by atoms with Gasteiger partial charge in [0.25, 0.3) is 0 Å². The highest BCUT2D eigenvalue weighted by Crippen LogP contribution is 2.24. The van der Waals surface area contributed by atoms with Gasteiger partial charge in [0.2, 0.25) is 0 Å². The van der Waals surface area contributed by atoms with Gasteiger partial charge in [0.1, 0.15) is 12.1 Å². The zero-order valence-electron chi connectivity index (χ0n) is 12.9. The average molecular weight is 330 g/mol. The second-order valence-electron chi connectivity index (χ2n) is 5.60. The summed E-state index contributed by atoms with van der Waals surface area (Å²) < 4.78 is 16.7. The fourth-order valence-electron chi connectivity index (χ4n) is 2.87. The third-order valence-corrected chi connectivity index (χ3v) is 4.08. The van der Waals surface area contributed by atoms with Crippen LogP contribution in [0.2, 0.25) is 0 Å². The molecule has 0 unspecified atom stereocenters. The number of fused-ring (bicyclic) bond motifs is 3. The average Bonchev–Trinajstić information content (AvgIpc) is 3.27. The zero-order valence-corrected chi connectivity index (χ0v) is 12.9. The first kappa shape index (κ1) is 13.8. The van der Waals surface area contributed by atoms with Gasteiger partial charge in [-0.2, -0.15) is 5.10 Å². The molecule has 25 heavy (non-hydrogen) atoms. The Hall–Kier alpha value is -3.61. The van der Waals surface area contributed by atoms with E-state index in [4.69, 9.17) is 0 Å². The molecule has 6 nitrogen and oxygen atoms in total. The van der Waals surface area contributed by atoms with E-state index in [0.717, 1.165) is 16.6 Å². The predicted molar refractivity (Wildman–Crippen MR) is 90.8 cm³/mol. The van der Waals surface area contributed by atoms with Crippen molar-refractivity contribution < 1.29 is 4.39 Å². The first-order chi connectivity index (χ1) is 12.3. The van der Waals surface area contributed by atoms with Gasteiger partial charge in [0.15, 0.2) is 17.1 Å². The topological polar surface area (TPSA) is 60.9 Å². The largest absolute Gasteiger partial charge is 0.265 e. The van der Waals surface area contributed by atoms with Crippen molar-refractivity contribution in [3.05, 3.63) is 72.9 Å². The Morgan fingerprint density at radius 1 is 0.840 bits per heavy atom. The number of aromatic nitrogens is 6. The highest BCUT2D eigenvalue weighted by Gasteiger charge is 2.15. The highest BCUT2D eigenvalue weighted by molar-refractivity contribution is 5.90. The molecular formula is C18H11FN6. The van der Waals surface area contributed by atoms with Crippen LogP contribution < -0.4 is 0 Å². The number of nitrogens with zero attached hydrogens (tertiary/aromatic N) is 6. The molecule has 120 valence electrons. The zero-order chi connectivity index (χ0) is 16.8. The van der Waals surface area contributed by atoms with E-state index in [9.17, 15) is 4.39 Å². The fourth-order valence-corrected chi connectivity index (χ4v) is 2.87. The quantitative estimate of drug-likeness (QED) is 0.498. The second-order valence-corrected chi connectivity index (χ2v) is 5.60. The summed E-state index contributed by atoms with van der Waals surface area (Å²) in [6, 6.07) is 15.9. The van der Waals surface area contributed by atoms with Crippen molar-refractivity contribution in [3.63, 3.8) is 0 Å². The lowest BCUT2D eigenvalue weighted by molar-refractivity contribution is 0.628. The Balaban J connectivity index is 1.73. The molecule has 0 radical (unpaired) electrons. The third kappa shape index (κ3) is 2.09. The van der Waals surface area contributed by atoms with Gasteiger partial charge in [-0.25, -0.2) is 14.1 Å². The molecule has 0 atom stereocenters. The minimum absolute atomic E-state index is 0.290. The normalized spacial score (nSPS) is 11.4. The van der Waals surface area contributed by atoms with Crippen LogP contribution in [0.15, 0.2) is 67.1 Å². The monoisotopic (exact) mass is 330 g/mol. The minimum atomic E-state index is -0.290. The van der Waals surface area contributed by atoms with E-state index >= 15 is 0 Å². The lowest BCUT2D eigenvalue weighted by Gasteiger charge is -2.03. The number of benzene rings is 2. The molecule has 5 rings (SSSR count). The van der Waals surface area contributed by atoms with Gasteiger partial charge < -0.3 is 0 Å². The molecule has 7 heteroatoms. The molecule has 3 aromatic heterocycles. The van der Waals surface area contributed by atoms with Gasteiger partial charge in [-0.3, -0.25) is 4.40 Å². The Morgan fingerprint density at radius 3 is 2.44 bits per heavy atom. The summed E-state index contributed by atoms with van der Waals surface area (Å²) >= 11 is 0. The van der Waals surface area contributed by atoms with Crippen molar-refractivity contribution >= 4 is 16.7 Å². The molecule has 5 aromatic rings. The van der Waals surface area contributed by atoms with Crippen LogP contribution in [0.5, 0.6) is 0 Å². The number of hydrogen-bond acceptors (Lipinski definition) is 4. The molecule has 3 heterocycles. The number of rotatable bonds is 2. The molecule has 0 bridgehead atoms. The summed E-state index contributed by atoms with van der Waals surface area (Å²) in [7, 11) is 0. The fraction of sp³-hybridized carbons (Fsp3) is 0. The molecule has 2 aromatic carbocycles. The number of para-hydroxylation sites is 1. The van der Waals surface area contributed by atoms with Crippen molar-refractivity contribution in [2.45, 2.75) is 0 Å². The van der Waals surface area contributed by atoms with Crippen LogP contribution in [0.25, 0.3) is 33.8 Å². The Morgan fingerprint density at radius 2 is 1.64 bits per heavy atom. The maximum Gasteiger partial charge on any atom is 0.175 e. The van der Waals surface area contributed by atoms with E-state index in [1.165, 1.54) is 12.1 Å². The van der Waals surface area contributed by atoms with Crippen LogP contribution in [0.3, 0.4) is 0 Å². The first-order valence-electron chi connectivity index (χ1n) is 7.70. The van der Waals surface area contributed by atoms with E-state index in [1.54, 1.807) is 33.7 Å². The predicted octanol–water partition coefficient (Wildman–Crippen LogP) is 3.27. The molecular weight excluding hydrogens is 319 g/mol. The summed E-state index contributed by atoms with van der Waals surface area (Å²) in [5.41, 5.74) is 3.06. The summed E-state index contributed by atoms with van der Waals surface area (Å²) in [6.45, 7) is 0. The summed E-state index contributed by atoms with van der Waals surface area (Å²) in [6.07, 6.45) is 3.39. The number of halogens is 1. The van der Waals surface area contributed by atoms with Gasteiger partial charge >= 0.3 is 0 Å². The van der Waals surface area contributed by atoms with Crippen LogP contribution in [0.1, 0.15) is 0 Å². The van der Waals surface area contributed by atoms with Crippen molar-refractivity contribution in [1.29, 1.82) is 0 Å². The Labute approximate surface area is 141 Å². The van der Waals surface area contributed by atoms with Gasteiger partial charge in [-0.05, 0) is 36.4 Å². The van der Waals surface area contributed by atoms with E-state index in [1.807, 2.05) is 30.3 Å². The molecule has 0 N–H and O–H groups in total. The molecule has 0 spiro atoms. The Kier molecular flexibility index (Phi) is 2.87. The summed E-state index contributed by atoms with van der Waals surface area (Å²) in [5.74, 6) is 0.319. The minimum Gasteiger partial charge on any atom is -0.265 e. The van der Waals surface area contributed by atoms with Crippen molar-refractivity contribution in [2.75, 3.05) is 0 Å². The van der Waals surface area contributed by atoms with Crippen molar-refractivity contribution in [1.82, 2.24) is 29.4 Å². The second kappa shape index (κ2) is 5.20. The highest BCUT2D eigenvalue weighted by atomic mass is 19.1. The molecule has 0 saturated carbocycles. The first-order valence-corrected chi connectivity index (χ1v) is 7.70. The van der Waals surface area contributed by atoms with E-state index in [0.29, 0.717) is 17.1 Å². The van der Waals surface area contributed by atoms with Gasteiger partial charge in [-0.1, -0.05) is 18.2 Å². The van der Waals surface area contributed by atoms with E-state index < -0.39 is 0 Å². The van der Waals surface area contributed by atoms with Gasteiger partial charge in [0, 0.05) is 5.56 Å². The van der Waals surface area contributed by atoms with Gasteiger partial charge in [0.05, 0.1) is 17.3 Å². The lowest BCUT2D eigenvalue weighted by Crippen LogP contribution is -1.98. The van der Waals surface area contributed by atoms with Crippen LogP contribution in [-0.4, -0.2) is 29.4 Å². The standard InChI is InChI=1S/C18H11FN6/c19-13-8-6-12(7-9-13)16-22-23-18-15-10-21-25(14-4-2-1-3-5-14)17(15)20-11-24(16)18/h1-11H. The molecule has 0 amide bonds. The van der Waals surface area contributed by atoms with Crippen LogP contribution in [0, 0.1) is 5.82 Å². The molecule has 0 aliphatic heterocycles. The van der Waals surface area contributed by atoms with Crippen molar-refractivity contribution in [3.8, 4) is 17.1 Å². The van der Waals surface area contributed by atoms with E-state index in [2.05, 4.69) is 20.3 Å². The number of hydrogen-bond donors (Lipinski definition) is 0. The molecule has 0 saturated heterocycles. The SMILES string of the molecule is Fc1ccc(-c2nnc3c4cnn(-c5ccccc5)c4ncn23)cc1. The third-order valence-electron chi connectivity index (χ3n) is 4.08. The van der Waals surface area contributed by atoms with Crippen LogP contribution >= 0.6 is 0 Å². The molecule has 0 aliphatic rings. The van der Waals surface area contributed by atoms with Crippen molar-refractivity contribution in [2.24, 2.45) is 0 Å². The van der Waals surface area contributed by atoms with Crippen LogP contribution in [0.4, 0.5) is 4.39 Å². The van der Waals surface area contributed by atoms with Crippen LogP contribution in [-0.2, 0) is 0 Å². The maximum atomic E-state index is 13.1. The maximum absolute atomic E-state index is 13.1. The smallest absolute Gasteiger partial charge is 0.175 e. The van der Waals surface area contributed by atoms with Gasteiger partial charge in [-0.15, -0.1) is 10.2 Å². The van der Waals surface area contributed by atoms with E-state index in [-0.39, 0.29) is 5.82 Å². The molecule has 0 fully saturated rings. The summed E-state index contributed by atoms with van der Waals surface area (Å²) in [4.78, 5) is 4.53. The summed E-state index contributed by atoms with van der Waals surface area (Å²) in [5, 5.41) is 13.8. The Bertz CT molecular complexity index is 1190.